The Bertz CT molecular complexity index is 682. The third-order valence-electron chi connectivity index (χ3n) is 4.75. The Kier molecular flexibility index (Phi) is 6.28. The van der Waals surface area contributed by atoms with Crippen molar-refractivity contribution in [2.45, 2.75) is 32.1 Å². The first-order valence-corrected chi connectivity index (χ1v) is 9.31. The minimum absolute atomic E-state index is 0.612. The van der Waals surface area contributed by atoms with Crippen molar-refractivity contribution in [3.63, 3.8) is 0 Å². The van der Waals surface area contributed by atoms with Crippen LogP contribution in [0, 0.1) is 0 Å². The van der Waals surface area contributed by atoms with E-state index in [2.05, 4.69) is 103 Å². The summed E-state index contributed by atoms with van der Waals surface area (Å²) in [6.45, 7) is 3.30. The first-order chi connectivity index (χ1) is 12.4. The Morgan fingerprint density at radius 3 is 1.60 bits per heavy atom. The van der Waals surface area contributed by atoms with Gasteiger partial charge in [0, 0.05) is 17.9 Å². The van der Waals surface area contributed by atoms with Crippen LogP contribution in [-0.4, -0.2) is 6.54 Å². The topological polar surface area (TPSA) is 3.24 Å². The van der Waals surface area contributed by atoms with Gasteiger partial charge in [0.05, 0.1) is 0 Å². The van der Waals surface area contributed by atoms with E-state index >= 15 is 0 Å². The van der Waals surface area contributed by atoms with E-state index in [0.29, 0.717) is 5.92 Å². The van der Waals surface area contributed by atoms with Crippen molar-refractivity contribution in [1.29, 1.82) is 0 Å². The summed E-state index contributed by atoms with van der Waals surface area (Å²) < 4.78 is 0. The smallest absolute Gasteiger partial charge is 0.0410 e. The number of hydrogen-bond donors (Lipinski definition) is 0. The van der Waals surface area contributed by atoms with E-state index in [4.69, 9.17) is 0 Å². The minimum atomic E-state index is 0.612. The highest BCUT2D eigenvalue weighted by Crippen LogP contribution is 2.30. The lowest BCUT2D eigenvalue weighted by molar-refractivity contribution is 0.572. The second-order valence-corrected chi connectivity index (χ2v) is 6.51. The van der Waals surface area contributed by atoms with Crippen LogP contribution in [0.5, 0.6) is 0 Å². The van der Waals surface area contributed by atoms with Gasteiger partial charge in [0.25, 0.3) is 0 Å². The van der Waals surface area contributed by atoms with E-state index in [1.165, 1.54) is 29.8 Å². The standard InChI is InChI=1S/C24H27N/c1-2-12-21(22-13-6-3-7-14-22)19-20-25(23-15-8-4-9-16-23)24-17-10-5-11-18-24/h3-11,13-18,21H,2,12,19-20H2,1H3. The summed E-state index contributed by atoms with van der Waals surface area (Å²) in [5, 5.41) is 0. The molecule has 1 nitrogen and oxygen atoms in total. The molecule has 0 aliphatic carbocycles. The third-order valence-corrected chi connectivity index (χ3v) is 4.75. The number of para-hydroxylation sites is 2. The Morgan fingerprint density at radius 2 is 1.12 bits per heavy atom. The average Bonchev–Trinajstić information content (AvgIpc) is 2.70. The minimum Gasteiger partial charge on any atom is -0.341 e. The van der Waals surface area contributed by atoms with Crippen molar-refractivity contribution < 1.29 is 0 Å². The quantitative estimate of drug-likeness (QED) is 0.439. The molecule has 0 bridgehead atoms. The Morgan fingerprint density at radius 1 is 0.640 bits per heavy atom. The Labute approximate surface area is 151 Å². The zero-order valence-electron chi connectivity index (χ0n) is 15.0. The second-order valence-electron chi connectivity index (χ2n) is 6.51. The number of nitrogens with zero attached hydrogens (tertiary/aromatic N) is 1. The van der Waals surface area contributed by atoms with Gasteiger partial charge >= 0.3 is 0 Å². The zero-order chi connectivity index (χ0) is 17.3. The van der Waals surface area contributed by atoms with Crippen LogP contribution in [0.15, 0.2) is 91.0 Å². The van der Waals surface area contributed by atoms with Gasteiger partial charge in [-0.25, -0.2) is 0 Å². The molecule has 0 saturated heterocycles. The summed E-state index contributed by atoms with van der Waals surface area (Å²) in [5.74, 6) is 0.612. The summed E-state index contributed by atoms with van der Waals surface area (Å²) in [4.78, 5) is 2.44. The van der Waals surface area contributed by atoms with Gasteiger partial charge in [-0.2, -0.15) is 0 Å². The molecule has 0 radical (unpaired) electrons. The summed E-state index contributed by atoms with van der Waals surface area (Å²) in [6.07, 6.45) is 3.61. The van der Waals surface area contributed by atoms with Crippen molar-refractivity contribution in [2.24, 2.45) is 0 Å². The highest BCUT2D eigenvalue weighted by Gasteiger charge is 2.14. The van der Waals surface area contributed by atoms with Gasteiger partial charge in [-0.05, 0) is 48.6 Å². The van der Waals surface area contributed by atoms with Gasteiger partial charge in [0.15, 0.2) is 0 Å². The molecule has 0 spiro atoms. The molecule has 1 atom stereocenters. The van der Waals surface area contributed by atoms with Crippen molar-refractivity contribution >= 4 is 11.4 Å². The fourth-order valence-electron chi connectivity index (χ4n) is 3.46. The SMILES string of the molecule is CCCC(CCN(c1ccccc1)c1ccccc1)c1ccccc1. The van der Waals surface area contributed by atoms with Gasteiger partial charge in [-0.15, -0.1) is 0 Å². The molecule has 0 aliphatic rings. The second kappa shape index (κ2) is 9.08. The predicted molar refractivity (Wildman–Crippen MR) is 109 cm³/mol. The Balaban J connectivity index is 1.80. The molecule has 128 valence electrons. The maximum Gasteiger partial charge on any atom is 0.0410 e. The first kappa shape index (κ1) is 17.3. The van der Waals surface area contributed by atoms with Crippen molar-refractivity contribution in [1.82, 2.24) is 0 Å². The number of anilines is 2. The molecule has 3 aromatic rings. The monoisotopic (exact) mass is 329 g/mol. The first-order valence-electron chi connectivity index (χ1n) is 9.31. The van der Waals surface area contributed by atoms with Gasteiger partial charge in [0.1, 0.15) is 0 Å². The van der Waals surface area contributed by atoms with Crippen LogP contribution in [0.4, 0.5) is 11.4 Å². The summed E-state index contributed by atoms with van der Waals surface area (Å²) in [7, 11) is 0. The maximum absolute atomic E-state index is 2.44. The van der Waals surface area contributed by atoms with E-state index in [1.54, 1.807) is 0 Å². The lowest BCUT2D eigenvalue weighted by atomic mass is 9.91. The summed E-state index contributed by atoms with van der Waals surface area (Å²) in [5.41, 5.74) is 3.99. The van der Waals surface area contributed by atoms with Crippen LogP contribution < -0.4 is 4.90 Å². The number of benzene rings is 3. The summed E-state index contributed by atoms with van der Waals surface area (Å²) >= 11 is 0. The van der Waals surface area contributed by atoms with Gasteiger partial charge in [-0.3, -0.25) is 0 Å². The Hall–Kier alpha value is -2.54. The van der Waals surface area contributed by atoms with Crippen LogP contribution in [0.25, 0.3) is 0 Å². The van der Waals surface area contributed by atoms with Gasteiger partial charge in [0.2, 0.25) is 0 Å². The summed E-state index contributed by atoms with van der Waals surface area (Å²) in [6, 6.07) is 32.4. The van der Waals surface area contributed by atoms with Crippen molar-refractivity contribution in [2.75, 3.05) is 11.4 Å². The van der Waals surface area contributed by atoms with Gasteiger partial charge in [-0.1, -0.05) is 80.1 Å². The van der Waals surface area contributed by atoms with E-state index in [1.807, 2.05) is 0 Å². The largest absolute Gasteiger partial charge is 0.341 e. The van der Waals surface area contributed by atoms with Crippen LogP contribution in [0.2, 0.25) is 0 Å². The van der Waals surface area contributed by atoms with Gasteiger partial charge < -0.3 is 4.90 Å². The normalized spacial score (nSPS) is 11.9. The number of rotatable bonds is 8. The zero-order valence-corrected chi connectivity index (χ0v) is 15.0. The van der Waals surface area contributed by atoms with E-state index in [0.717, 1.165) is 13.0 Å². The molecule has 0 fully saturated rings. The number of hydrogen-bond acceptors (Lipinski definition) is 1. The molecular weight excluding hydrogens is 302 g/mol. The van der Waals surface area contributed by atoms with E-state index < -0.39 is 0 Å². The predicted octanol–water partition coefficient (Wildman–Crippen LogP) is 6.80. The fraction of sp³-hybridized carbons (Fsp3) is 0.250. The van der Waals surface area contributed by atoms with Crippen LogP contribution in [-0.2, 0) is 0 Å². The molecule has 3 aromatic carbocycles. The van der Waals surface area contributed by atoms with Crippen LogP contribution in [0.3, 0.4) is 0 Å². The lowest BCUT2D eigenvalue weighted by Gasteiger charge is -2.27. The van der Waals surface area contributed by atoms with Crippen molar-refractivity contribution in [3.8, 4) is 0 Å². The third kappa shape index (κ3) is 4.73. The molecule has 0 aliphatic heterocycles. The van der Waals surface area contributed by atoms with E-state index in [-0.39, 0.29) is 0 Å². The molecule has 3 rings (SSSR count). The fourth-order valence-corrected chi connectivity index (χ4v) is 3.46. The average molecular weight is 329 g/mol. The molecule has 0 amide bonds. The highest BCUT2D eigenvalue weighted by atomic mass is 15.1. The molecule has 1 heteroatoms. The molecule has 0 saturated carbocycles. The molecule has 1 unspecified atom stereocenters. The molecule has 0 heterocycles. The molecule has 0 N–H and O–H groups in total. The molecule has 25 heavy (non-hydrogen) atoms. The maximum atomic E-state index is 2.44. The molecule has 0 aromatic heterocycles. The highest BCUT2D eigenvalue weighted by molar-refractivity contribution is 5.62. The van der Waals surface area contributed by atoms with E-state index in [9.17, 15) is 0 Å². The molecular formula is C24H27N. The van der Waals surface area contributed by atoms with Crippen LogP contribution >= 0.6 is 0 Å². The lowest BCUT2D eigenvalue weighted by Crippen LogP contribution is -2.20. The van der Waals surface area contributed by atoms with Crippen LogP contribution in [0.1, 0.15) is 37.7 Å². The van der Waals surface area contributed by atoms with Crippen molar-refractivity contribution in [3.05, 3.63) is 96.6 Å².